The number of likely N-dealkylation sites (N-methyl/N-ethyl adjacent to an activating group) is 1. The van der Waals surface area contributed by atoms with Crippen molar-refractivity contribution in [3.05, 3.63) is 29.8 Å². The number of rotatable bonds is 4. The Morgan fingerprint density at radius 3 is 2.38 bits per heavy atom. The number of ether oxygens (including phenoxy) is 1. The summed E-state index contributed by atoms with van der Waals surface area (Å²) < 4.78 is 6.70. The molecule has 206 valence electrons. The fourth-order valence-corrected chi connectivity index (χ4v) is 6.11. The van der Waals surface area contributed by atoms with Crippen molar-refractivity contribution in [2.45, 2.75) is 83.3 Å². The SMILES string of the molecule is CCCN1CCCCCCCN(C(=O)CN2CCN(C)CC2)[C@@H]2CCCC[C@@H]2Oc2ccccc2C1=O. The Morgan fingerprint density at radius 1 is 0.892 bits per heavy atom. The van der Waals surface area contributed by atoms with E-state index in [1.807, 2.05) is 29.2 Å². The van der Waals surface area contributed by atoms with Gasteiger partial charge in [-0.1, -0.05) is 44.7 Å². The van der Waals surface area contributed by atoms with Gasteiger partial charge in [0.1, 0.15) is 11.9 Å². The van der Waals surface area contributed by atoms with Crippen LogP contribution in [0.25, 0.3) is 0 Å². The lowest BCUT2D eigenvalue weighted by molar-refractivity contribution is -0.138. The van der Waals surface area contributed by atoms with Crippen LogP contribution in [0.1, 0.15) is 81.5 Å². The Labute approximate surface area is 224 Å². The Hall–Kier alpha value is -2.12. The molecular formula is C30H48N4O3. The van der Waals surface area contributed by atoms with Crippen LogP contribution in [0.15, 0.2) is 24.3 Å². The van der Waals surface area contributed by atoms with Crippen LogP contribution in [0.2, 0.25) is 0 Å². The minimum atomic E-state index is -0.0797. The zero-order valence-corrected chi connectivity index (χ0v) is 23.2. The lowest BCUT2D eigenvalue weighted by Crippen LogP contribution is -2.55. The number of benzene rings is 1. The molecule has 4 rings (SSSR count). The van der Waals surface area contributed by atoms with Crippen LogP contribution in [0, 0.1) is 0 Å². The van der Waals surface area contributed by atoms with Crippen molar-refractivity contribution in [1.29, 1.82) is 0 Å². The first-order chi connectivity index (χ1) is 18.1. The third kappa shape index (κ3) is 7.70. The lowest BCUT2D eigenvalue weighted by Gasteiger charge is -2.41. The molecule has 0 radical (unpaired) electrons. The minimum absolute atomic E-state index is 0.0637. The van der Waals surface area contributed by atoms with Crippen molar-refractivity contribution in [3.63, 3.8) is 0 Å². The minimum Gasteiger partial charge on any atom is -0.487 e. The third-order valence-electron chi connectivity index (χ3n) is 8.35. The van der Waals surface area contributed by atoms with Crippen LogP contribution in [-0.4, -0.2) is 103 Å². The summed E-state index contributed by atoms with van der Waals surface area (Å²) in [6, 6.07) is 7.80. The highest BCUT2D eigenvalue weighted by atomic mass is 16.5. The summed E-state index contributed by atoms with van der Waals surface area (Å²) in [5.74, 6) is 0.988. The normalized spacial score (nSPS) is 25.4. The number of para-hydroxylation sites is 1. The molecule has 37 heavy (non-hydrogen) atoms. The average Bonchev–Trinajstić information content (AvgIpc) is 2.91. The van der Waals surface area contributed by atoms with Crippen molar-refractivity contribution >= 4 is 11.8 Å². The first-order valence-electron chi connectivity index (χ1n) is 14.8. The van der Waals surface area contributed by atoms with Gasteiger partial charge >= 0.3 is 0 Å². The number of amides is 2. The van der Waals surface area contributed by atoms with Crippen LogP contribution in [0.4, 0.5) is 0 Å². The van der Waals surface area contributed by atoms with Gasteiger partial charge in [0.2, 0.25) is 5.91 Å². The predicted octanol–water partition coefficient (Wildman–Crippen LogP) is 4.27. The van der Waals surface area contributed by atoms with Gasteiger partial charge in [-0.25, -0.2) is 0 Å². The molecule has 0 bridgehead atoms. The molecule has 7 nitrogen and oxygen atoms in total. The summed E-state index contributed by atoms with van der Waals surface area (Å²) in [5, 5.41) is 0. The first kappa shape index (κ1) is 27.9. The monoisotopic (exact) mass is 512 g/mol. The lowest BCUT2D eigenvalue weighted by atomic mass is 9.90. The van der Waals surface area contributed by atoms with Crippen molar-refractivity contribution in [1.82, 2.24) is 19.6 Å². The third-order valence-corrected chi connectivity index (χ3v) is 8.35. The molecule has 0 N–H and O–H groups in total. The van der Waals surface area contributed by atoms with E-state index in [-0.39, 0.29) is 24.0 Å². The molecule has 0 aromatic heterocycles. The molecule has 2 fully saturated rings. The van der Waals surface area contributed by atoms with Gasteiger partial charge in [-0.05, 0) is 57.7 Å². The first-order valence-corrected chi connectivity index (χ1v) is 14.8. The standard InChI is InChI=1S/C30H48N4O3/c1-3-17-33-18-11-5-4-6-12-19-34(29(35)24-32-22-20-31(2)21-23-32)26-14-8-10-16-28(26)37-27-15-9-7-13-25(27)30(33)36/h7,9,13,15,26,28H,3-6,8,10-12,14,16-24H2,1-2H3/t26-,28+/m1/s1. The van der Waals surface area contributed by atoms with E-state index in [1.165, 1.54) is 0 Å². The number of carbonyl (C=O) groups excluding carboxylic acids is 2. The van der Waals surface area contributed by atoms with E-state index in [2.05, 4.69) is 28.7 Å². The van der Waals surface area contributed by atoms with Crippen molar-refractivity contribution in [2.24, 2.45) is 0 Å². The molecule has 1 aliphatic carbocycles. The average molecular weight is 513 g/mol. The van der Waals surface area contributed by atoms with Gasteiger partial charge in [-0.3, -0.25) is 14.5 Å². The number of fused-ring (bicyclic) bond motifs is 2. The van der Waals surface area contributed by atoms with Crippen LogP contribution < -0.4 is 4.74 Å². The summed E-state index contributed by atoms with van der Waals surface area (Å²) in [4.78, 5) is 36.2. The Morgan fingerprint density at radius 2 is 1.59 bits per heavy atom. The molecule has 2 heterocycles. The molecular weight excluding hydrogens is 464 g/mol. The van der Waals surface area contributed by atoms with E-state index in [0.717, 1.165) is 110 Å². The number of hydrogen-bond acceptors (Lipinski definition) is 5. The second-order valence-corrected chi connectivity index (χ2v) is 11.2. The summed E-state index contributed by atoms with van der Waals surface area (Å²) >= 11 is 0. The van der Waals surface area contributed by atoms with E-state index in [9.17, 15) is 9.59 Å². The fourth-order valence-electron chi connectivity index (χ4n) is 6.11. The number of carbonyl (C=O) groups is 2. The van der Waals surface area contributed by atoms with E-state index in [0.29, 0.717) is 17.9 Å². The molecule has 1 aromatic carbocycles. The second-order valence-electron chi connectivity index (χ2n) is 11.2. The van der Waals surface area contributed by atoms with Crippen LogP contribution in [0.3, 0.4) is 0 Å². The van der Waals surface area contributed by atoms with Crippen molar-refractivity contribution in [2.75, 3.05) is 59.4 Å². The number of nitrogens with zero attached hydrogens (tertiary/aromatic N) is 4. The summed E-state index contributed by atoms with van der Waals surface area (Å²) in [6.45, 7) is 8.93. The molecule has 0 unspecified atom stereocenters. The van der Waals surface area contributed by atoms with E-state index in [1.54, 1.807) is 0 Å². The van der Waals surface area contributed by atoms with E-state index in [4.69, 9.17) is 4.74 Å². The summed E-state index contributed by atoms with van der Waals surface area (Å²) in [7, 11) is 2.15. The van der Waals surface area contributed by atoms with E-state index >= 15 is 0 Å². The van der Waals surface area contributed by atoms with E-state index < -0.39 is 0 Å². The topological polar surface area (TPSA) is 56.3 Å². The molecule has 1 saturated heterocycles. The Kier molecular flexibility index (Phi) is 10.7. The Balaban J connectivity index is 1.57. The maximum absolute atomic E-state index is 13.8. The molecule has 7 heteroatoms. The second kappa shape index (κ2) is 14.1. The van der Waals surface area contributed by atoms with Crippen LogP contribution in [-0.2, 0) is 4.79 Å². The highest BCUT2D eigenvalue weighted by Gasteiger charge is 2.35. The smallest absolute Gasteiger partial charge is 0.257 e. The molecule has 1 aromatic rings. The molecule has 3 aliphatic rings. The fraction of sp³-hybridized carbons (Fsp3) is 0.733. The maximum Gasteiger partial charge on any atom is 0.257 e. The molecule has 2 aliphatic heterocycles. The molecule has 0 spiro atoms. The highest BCUT2D eigenvalue weighted by Crippen LogP contribution is 2.31. The zero-order valence-electron chi connectivity index (χ0n) is 23.2. The highest BCUT2D eigenvalue weighted by molar-refractivity contribution is 5.97. The number of hydrogen-bond donors (Lipinski definition) is 0. The maximum atomic E-state index is 13.8. The van der Waals surface area contributed by atoms with Gasteiger partial charge in [0.25, 0.3) is 5.91 Å². The van der Waals surface area contributed by atoms with Gasteiger partial charge < -0.3 is 19.4 Å². The van der Waals surface area contributed by atoms with Gasteiger partial charge in [-0.2, -0.15) is 0 Å². The van der Waals surface area contributed by atoms with Gasteiger partial charge in [0.05, 0.1) is 18.2 Å². The molecule has 1 saturated carbocycles. The predicted molar refractivity (Wildman–Crippen MR) is 148 cm³/mol. The summed E-state index contributed by atoms with van der Waals surface area (Å²) in [6.07, 6.45) is 10.4. The quantitative estimate of drug-likeness (QED) is 0.603. The van der Waals surface area contributed by atoms with Crippen molar-refractivity contribution < 1.29 is 14.3 Å². The molecule has 2 amide bonds. The van der Waals surface area contributed by atoms with Gasteiger partial charge in [0.15, 0.2) is 0 Å². The zero-order chi connectivity index (χ0) is 26.0. The van der Waals surface area contributed by atoms with Crippen LogP contribution >= 0.6 is 0 Å². The van der Waals surface area contributed by atoms with Crippen LogP contribution in [0.5, 0.6) is 5.75 Å². The largest absolute Gasteiger partial charge is 0.487 e. The molecule has 2 atom stereocenters. The van der Waals surface area contributed by atoms with Gasteiger partial charge in [0, 0.05) is 45.8 Å². The Bertz CT molecular complexity index is 870. The summed E-state index contributed by atoms with van der Waals surface area (Å²) in [5.41, 5.74) is 0.658. The van der Waals surface area contributed by atoms with Crippen molar-refractivity contribution in [3.8, 4) is 5.75 Å². The number of piperazine rings is 1. The van der Waals surface area contributed by atoms with Gasteiger partial charge in [-0.15, -0.1) is 0 Å².